The number of aliphatic hydroxyl groups is 1. The molecule has 0 aliphatic heterocycles. The Morgan fingerprint density at radius 3 is 2.57 bits per heavy atom. The van der Waals surface area contributed by atoms with Gasteiger partial charge in [-0.3, -0.25) is 14.9 Å². The molecule has 8 heteroatoms. The zero-order chi connectivity index (χ0) is 16.2. The molecule has 0 aromatic carbocycles. The van der Waals surface area contributed by atoms with Crippen molar-refractivity contribution in [3.05, 3.63) is 21.1 Å². The maximum Gasteiger partial charge on any atom is 0.304 e. The molecule has 1 rings (SSSR count). The van der Waals surface area contributed by atoms with Crippen LogP contribution in [0.1, 0.15) is 38.7 Å². The van der Waals surface area contributed by atoms with Crippen molar-refractivity contribution in [3.8, 4) is 0 Å². The Labute approximate surface area is 127 Å². The van der Waals surface area contributed by atoms with Gasteiger partial charge in [0.05, 0.1) is 17.6 Å². The van der Waals surface area contributed by atoms with Crippen LogP contribution in [-0.2, 0) is 4.79 Å². The second kappa shape index (κ2) is 7.37. The summed E-state index contributed by atoms with van der Waals surface area (Å²) in [6.45, 7) is 7.61. The highest BCUT2D eigenvalue weighted by Gasteiger charge is 2.26. The van der Waals surface area contributed by atoms with Crippen molar-refractivity contribution in [2.45, 2.75) is 39.8 Å². The lowest BCUT2D eigenvalue weighted by Crippen LogP contribution is -2.40. The summed E-state index contributed by atoms with van der Waals surface area (Å²) in [6.07, 6.45) is -0.773. The quantitative estimate of drug-likeness (QED) is 0.593. The first kappa shape index (κ1) is 17.4. The summed E-state index contributed by atoms with van der Waals surface area (Å²) in [5.41, 5.74) is -0.0740. The van der Waals surface area contributed by atoms with Crippen LogP contribution in [-0.4, -0.2) is 35.1 Å². The molecule has 21 heavy (non-hydrogen) atoms. The summed E-state index contributed by atoms with van der Waals surface area (Å²) >= 11 is 1.14. The van der Waals surface area contributed by atoms with Gasteiger partial charge in [-0.15, -0.1) is 11.3 Å². The fourth-order valence-corrected chi connectivity index (χ4v) is 2.95. The minimum Gasteiger partial charge on any atom is -0.388 e. The summed E-state index contributed by atoms with van der Waals surface area (Å²) in [6, 6.07) is 1.38. The van der Waals surface area contributed by atoms with Gasteiger partial charge in [-0.25, -0.2) is 0 Å². The number of aliphatic hydroxyl groups excluding tert-OH is 1. The number of likely N-dealkylation sites (N-methyl/N-ethyl adjacent to an activating group) is 1. The Morgan fingerprint density at radius 1 is 1.52 bits per heavy atom. The number of anilines is 1. The molecular weight excluding hydrogens is 294 g/mol. The molecule has 1 aromatic heterocycles. The predicted octanol–water partition coefficient (Wildman–Crippen LogP) is 2.06. The van der Waals surface area contributed by atoms with Crippen molar-refractivity contribution >= 4 is 27.9 Å². The van der Waals surface area contributed by atoms with E-state index in [1.807, 2.05) is 20.8 Å². The third-order valence-electron chi connectivity index (χ3n) is 2.77. The van der Waals surface area contributed by atoms with Crippen LogP contribution in [0, 0.1) is 10.1 Å². The SMILES string of the molecule is CCN(CC(=O)NC(C)C)c1sc([C@H](C)O)cc1[N+](=O)[O-]. The number of amides is 1. The monoisotopic (exact) mass is 315 g/mol. The largest absolute Gasteiger partial charge is 0.388 e. The fraction of sp³-hybridized carbons (Fsp3) is 0.615. The van der Waals surface area contributed by atoms with E-state index in [1.165, 1.54) is 6.07 Å². The number of hydrogen-bond donors (Lipinski definition) is 2. The Balaban J connectivity index is 3.04. The van der Waals surface area contributed by atoms with Crippen LogP contribution in [0.3, 0.4) is 0 Å². The van der Waals surface area contributed by atoms with Gasteiger partial charge in [-0.2, -0.15) is 0 Å². The molecule has 2 N–H and O–H groups in total. The van der Waals surface area contributed by atoms with Crippen molar-refractivity contribution in [1.82, 2.24) is 5.32 Å². The van der Waals surface area contributed by atoms with E-state index in [9.17, 15) is 20.0 Å². The highest BCUT2D eigenvalue weighted by molar-refractivity contribution is 7.16. The van der Waals surface area contributed by atoms with Crippen molar-refractivity contribution in [2.24, 2.45) is 0 Å². The normalized spacial score (nSPS) is 12.3. The number of nitro groups is 1. The summed E-state index contributed by atoms with van der Waals surface area (Å²) in [5.74, 6) is -0.187. The maximum atomic E-state index is 11.9. The van der Waals surface area contributed by atoms with E-state index < -0.39 is 11.0 Å². The van der Waals surface area contributed by atoms with Crippen LogP contribution in [0.25, 0.3) is 0 Å². The molecule has 1 atom stereocenters. The number of nitrogens with one attached hydrogen (secondary N) is 1. The van der Waals surface area contributed by atoms with Gasteiger partial charge in [-0.05, 0) is 27.7 Å². The fourth-order valence-electron chi connectivity index (χ4n) is 1.82. The van der Waals surface area contributed by atoms with Crippen LogP contribution in [0.15, 0.2) is 6.07 Å². The van der Waals surface area contributed by atoms with Crippen LogP contribution in [0.4, 0.5) is 10.7 Å². The molecule has 1 aromatic rings. The van der Waals surface area contributed by atoms with Gasteiger partial charge < -0.3 is 15.3 Å². The first-order valence-corrected chi connectivity index (χ1v) is 7.58. The number of thiophene rings is 1. The molecule has 118 valence electrons. The number of carbonyl (C=O) groups excluding carboxylic acids is 1. The van der Waals surface area contributed by atoms with Gasteiger partial charge in [-0.1, -0.05) is 0 Å². The molecule has 0 bridgehead atoms. The van der Waals surface area contributed by atoms with Gasteiger partial charge in [0, 0.05) is 23.5 Å². The number of nitrogens with zero attached hydrogens (tertiary/aromatic N) is 2. The van der Waals surface area contributed by atoms with E-state index in [4.69, 9.17) is 0 Å². The highest BCUT2D eigenvalue weighted by atomic mass is 32.1. The van der Waals surface area contributed by atoms with E-state index in [0.29, 0.717) is 16.4 Å². The third-order valence-corrected chi connectivity index (χ3v) is 4.13. The lowest BCUT2D eigenvalue weighted by atomic mass is 10.3. The smallest absolute Gasteiger partial charge is 0.304 e. The van der Waals surface area contributed by atoms with Gasteiger partial charge in [0.1, 0.15) is 0 Å². The van der Waals surface area contributed by atoms with Gasteiger partial charge in [0.2, 0.25) is 5.91 Å². The Hall–Kier alpha value is -1.67. The van der Waals surface area contributed by atoms with E-state index >= 15 is 0 Å². The second-order valence-electron chi connectivity index (χ2n) is 5.01. The molecule has 0 saturated carbocycles. The van der Waals surface area contributed by atoms with Crippen molar-refractivity contribution in [2.75, 3.05) is 18.0 Å². The zero-order valence-electron chi connectivity index (χ0n) is 12.6. The maximum absolute atomic E-state index is 11.9. The summed E-state index contributed by atoms with van der Waals surface area (Å²) < 4.78 is 0. The first-order valence-electron chi connectivity index (χ1n) is 6.76. The molecular formula is C13H21N3O4S. The lowest BCUT2D eigenvalue weighted by Gasteiger charge is -2.20. The predicted molar refractivity (Wildman–Crippen MR) is 82.8 cm³/mol. The molecule has 0 saturated heterocycles. The van der Waals surface area contributed by atoms with Crippen molar-refractivity contribution in [1.29, 1.82) is 0 Å². The Morgan fingerprint density at radius 2 is 2.14 bits per heavy atom. The molecule has 0 spiro atoms. The zero-order valence-corrected chi connectivity index (χ0v) is 13.4. The Bertz CT molecular complexity index is 514. The average Bonchev–Trinajstić information content (AvgIpc) is 2.80. The van der Waals surface area contributed by atoms with Crippen LogP contribution in [0.5, 0.6) is 0 Å². The summed E-state index contributed by atoms with van der Waals surface area (Å²) in [5, 5.41) is 23.9. The van der Waals surface area contributed by atoms with Gasteiger partial charge in [0.25, 0.3) is 0 Å². The van der Waals surface area contributed by atoms with E-state index in [2.05, 4.69) is 5.32 Å². The minimum atomic E-state index is -0.773. The summed E-state index contributed by atoms with van der Waals surface area (Å²) in [4.78, 5) is 24.7. The minimum absolute atomic E-state index is 0.0163. The standard InChI is InChI=1S/C13H21N3O4S/c1-5-15(7-12(18)14-8(2)3)13-10(16(19)20)6-11(21-13)9(4)17/h6,8-9,17H,5,7H2,1-4H3,(H,14,18)/t9-/m0/s1. The average molecular weight is 315 g/mol. The van der Waals surface area contributed by atoms with E-state index in [1.54, 1.807) is 11.8 Å². The molecule has 0 aliphatic rings. The van der Waals surface area contributed by atoms with Gasteiger partial charge in [0.15, 0.2) is 5.00 Å². The number of hydrogen-bond acceptors (Lipinski definition) is 6. The van der Waals surface area contributed by atoms with Crippen LogP contribution < -0.4 is 10.2 Å². The Kier molecular flexibility index (Phi) is 6.10. The third kappa shape index (κ3) is 4.68. The first-order chi connectivity index (χ1) is 9.76. The number of rotatable bonds is 7. The topological polar surface area (TPSA) is 95.7 Å². The highest BCUT2D eigenvalue weighted by Crippen LogP contribution is 2.39. The molecule has 0 aliphatic carbocycles. The molecule has 0 unspecified atom stereocenters. The van der Waals surface area contributed by atoms with Crippen LogP contribution >= 0.6 is 11.3 Å². The molecule has 0 fully saturated rings. The van der Waals surface area contributed by atoms with E-state index in [-0.39, 0.29) is 24.2 Å². The van der Waals surface area contributed by atoms with Crippen molar-refractivity contribution in [3.63, 3.8) is 0 Å². The van der Waals surface area contributed by atoms with Crippen LogP contribution in [0.2, 0.25) is 0 Å². The molecule has 7 nitrogen and oxygen atoms in total. The number of carbonyl (C=O) groups is 1. The van der Waals surface area contributed by atoms with E-state index in [0.717, 1.165) is 11.3 Å². The molecule has 0 radical (unpaired) electrons. The summed E-state index contributed by atoms with van der Waals surface area (Å²) in [7, 11) is 0. The molecule has 1 heterocycles. The van der Waals surface area contributed by atoms with Crippen molar-refractivity contribution < 1.29 is 14.8 Å². The second-order valence-corrected chi connectivity index (χ2v) is 6.07. The molecule has 1 amide bonds. The lowest BCUT2D eigenvalue weighted by molar-refractivity contribution is -0.383. The van der Waals surface area contributed by atoms with Gasteiger partial charge >= 0.3 is 5.69 Å².